The lowest BCUT2D eigenvalue weighted by atomic mass is 9.77. The molecule has 8 heteroatoms. The van der Waals surface area contributed by atoms with Crippen molar-refractivity contribution < 1.29 is 39.5 Å². The van der Waals surface area contributed by atoms with Gasteiger partial charge < -0.3 is 29.9 Å². The second-order valence-electron chi connectivity index (χ2n) is 9.01. The van der Waals surface area contributed by atoms with Gasteiger partial charge in [0.25, 0.3) is 0 Å². The number of aromatic hydroxyl groups is 1. The number of ether oxygens (including phenoxy) is 2. The van der Waals surface area contributed by atoms with Crippen molar-refractivity contribution in [2.45, 2.75) is 57.5 Å². The predicted octanol–water partition coefficient (Wildman–Crippen LogP) is 2.30. The summed E-state index contributed by atoms with van der Waals surface area (Å²) in [5, 5.41) is 41.3. The van der Waals surface area contributed by atoms with Crippen LogP contribution in [0.3, 0.4) is 0 Å². The molecular formula is C25H32O8. The van der Waals surface area contributed by atoms with Crippen LogP contribution in [0, 0.1) is 17.8 Å². The number of carbonyl (C=O) groups is 2. The lowest BCUT2D eigenvalue weighted by Crippen LogP contribution is -2.52. The maximum Gasteiger partial charge on any atom is 0.309 e. The van der Waals surface area contributed by atoms with Crippen LogP contribution in [-0.4, -0.2) is 56.8 Å². The van der Waals surface area contributed by atoms with Crippen molar-refractivity contribution in [3.05, 3.63) is 47.7 Å². The third-order valence-corrected chi connectivity index (χ3v) is 6.64. The van der Waals surface area contributed by atoms with Crippen LogP contribution < -0.4 is 0 Å². The summed E-state index contributed by atoms with van der Waals surface area (Å²) in [7, 11) is 0. The largest absolute Gasteiger partial charge is 0.508 e. The molecular weight excluding hydrogens is 428 g/mol. The average Bonchev–Trinajstić information content (AvgIpc) is 3.04. The Bertz CT molecular complexity index is 905. The van der Waals surface area contributed by atoms with Crippen molar-refractivity contribution in [3.63, 3.8) is 0 Å². The lowest BCUT2D eigenvalue weighted by Gasteiger charge is -2.40. The summed E-state index contributed by atoms with van der Waals surface area (Å²) in [5.74, 6) is -2.12. The van der Waals surface area contributed by atoms with E-state index in [1.165, 1.54) is 24.5 Å². The van der Waals surface area contributed by atoms with E-state index in [1.54, 1.807) is 18.2 Å². The van der Waals surface area contributed by atoms with Gasteiger partial charge in [0.15, 0.2) is 5.78 Å². The van der Waals surface area contributed by atoms with E-state index < -0.39 is 48.0 Å². The SMILES string of the molecule is CCC(C)CC(=O)OC1OC=C(CO)C2CC(O)C(O)(CC(=O)C=Cc3ccc(O)cc3)C12. The van der Waals surface area contributed by atoms with Gasteiger partial charge in [0.2, 0.25) is 6.29 Å². The smallest absolute Gasteiger partial charge is 0.309 e. The molecule has 0 bridgehead atoms. The summed E-state index contributed by atoms with van der Waals surface area (Å²) < 4.78 is 11.1. The Morgan fingerprint density at radius 3 is 2.64 bits per heavy atom. The van der Waals surface area contributed by atoms with Crippen molar-refractivity contribution in [1.82, 2.24) is 0 Å². The van der Waals surface area contributed by atoms with Crippen LogP contribution in [-0.2, 0) is 19.1 Å². The van der Waals surface area contributed by atoms with Crippen LogP contribution >= 0.6 is 0 Å². The van der Waals surface area contributed by atoms with Crippen LogP contribution in [0.25, 0.3) is 6.08 Å². The fraction of sp³-hybridized carbons (Fsp3) is 0.520. The molecule has 6 atom stereocenters. The molecule has 0 amide bonds. The summed E-state index contributed by atoms with van der Waals surface area (Å²) >= 11 is 0. The second-order valence-corrected chi connectivity index (χ2v) is 9.01. The molecule has 1 aromatic rings. The molecule has 0 radical (unpaired) electrons. The van der Waals surface area contributed by atoms with E-state index in [-0.39, 0.29) is 31.1 Å². The highest BCUT2D eigenvalue weighted by Crippen LogP contribution is 2.50. The highest BCUT2D eigenvalue weighted by atomic mass is 16.7. The molecule has 1 heterocycles. The number of allylic oxidation sites excluding steroid dienone is 1. The number of fused-ring (bicyclic) bond motifs is 1. The zero-order valence-corrected chi connectivity index (χ0v) is 18.9. The van der Waals surface area contributed by atoms with E-state index in [0.29, 0.717) is 11.1 Å². The van der Waals surface area contributed by atoms with Gasteiger partial charge in [-0.15, -0.1) is 0 Å². The Morgan fingerprint density at radius 1 is 1.30 bits per heavy atom. The molecule has 1 aliphatic carbocycles. The summed E-state index contributed by atoms with van der Waals surface area (Å²) in [6.45, 7) is 3.54. The fourth-order valence-corrected chi connectivity index (χ4v) is 4.51. The Hall–Kier alpha value is -2.68. The van der Waals surface area contributed by atoms with Crippen molar-refractivity contribution >= 4 is 17.8 Å². The van der Waals surface area contributed by atoms with E-state index in [4.69, 9.17) is 9.47 Å². The number of aliphatic hydroxyl groups is 3. The number of ketones is 1. The van der Waals surface area contributed by atoms with Gasteiger partial charge in [-0.1, -0.05) is 38.5 Å². The molecule has 1 aromatic carbocycles. The zero-order chi connectivity index (χ0) is 24.2. The second kappa shape index (κ2) is 10.5. The fourth-order valence-electron chi connectivity index (χ4n) is 4.51. The van der Waals surface area contributed by atoms with Crippen molar-refractivity contribution in [2.24, 2.45) is 17.8 Å². The Kier molecular flexibility index (Phi) is 7.94. The van der Waals surface area contributed by atoms with E-state index >= 15 is 0 Å². The highest BCUT2D eigenvalue weighted by molar-refractivity contribution is 5.94. The Balaban J connectivity index is 1.79. The topological polar surface area (TPSA) is 134 Å². The standard InChI is InChI=1S/C25H32O8/c1-3-15(2)10-22(30)33-24-23-20(17(13-26)14-32-24)11-21(29)25(23,31)12-19(28)9-6-16-4-7-18(27)8-5-16/h4-9,14-15,20-21,23-24,26-27,29,31H,3,10-13H2,1-2H3. The first-order valence-corrected chi connectivity index (χ1v) is 11.2. The first-order valence-electron chi connectivity index (χ1n) is 11.2. The molecule has 4 N–H and O–H groups in total. The van der Waals surface area contributed by atoms with E-state index in [0.717, 1.165) is 6.42 Å². The monoisotopic (exact) mass is 460 g/mol. The first kappa shape index (κ1) is 25.0. The number of rotatable bonds is 9. The number of esters is 1. The minimum absolute atomic E-state index is 0.102. The summed E-state index contributed by atoms with van der Waals surface area (Å²) in [6, 6.07) is 6.25. The normalized spacial score (nSPS) is 29.8. The molecule has 6 unspecified atom stereocenters. The van der Waals surface area contributed by atoms with E-state index in [9.17, 15) is 30.0 Å². The number of hydrogen-bond donors (Lipinski definition) is 4. The summed E-state index contributed by atoms with van der Waals surface area (Å²) in [4.78, 5) is 25.1. The van der Waals surface area contributed by atoms with Gasteiger partial charge >= 0.3 is 5.97 Å². The minimum Gasteiger partial charge on any atom is -0.508 e. The molecule has 2 aliphatic rings. The van der Waals surface area contributed by atoms with Gasteiger partial charge in [0.05, 0.1) is 24.9 Å². The van der Waals surface area contributed by atoms with Crippen LogP contribution in [0.5, 0.6) is 5.75 Å². The van der Waals surface area contributed by atoms with Crippen molar-refractivity contribution in [3.8, 4) is 5.75 Å². The average molecular weight is 461 g/mol. The van der Waals surface area contributed by atoms with Gasteiger partial charge in [-0.2, -0.15) is 0 Å². The van der Waals surface area contributed by atoms with E-state index in [1.807, 2.05) is 13.8 Å². The van der Waals surface area contributed by atoms with Crippen LogP contribution in [0.4, 0.5) is 0 Å². The third-order valence-electron chi connectivity index (χ3n) is 6.64. The Labute approximate surface area is 193 Å². The number of phenols is 1. The molecule has 8 nitrogen and oxygen atoms in total. The van der Waals surface area contributed by atoms with E-state index in [2.05, 4.69) is 0 Å². The lowest BCUT2D eigenvalue weighted by molar-refractivity contribution is -0.212. The first-order chi connectivity index (χ1) is 15.7. The molecule has 0 spiro atoms. The third kappa shape index (κ3) is 5.63. The van der Waals surface area contributed by atoms with Crippen LogP contribution in [0.1, 0.15) is 45.1 Å². The summed E-state index contributed by atoms with van der Waals surface area (Å²) in [6.07, 6.45) is 2.36. The maximum absolute atomic E-state index is 12.7. The number of aliphatic hydroxyl groups excluding tert-OH is 2. The molecule has 1 saturated carbocycles. The maximum atomic E-state index is 12.7. The molecule has 3 rings (SSSR count). The summed E-state index contributed by atoms with van der Waals surface area (Å²) in [5.41, 5.74) is -0.755. The number of phenolic OH excluding ortho intramolecular Hbond substituents is 1. The molecule has 1 aliphatic heterocycles. The molecule has 1 fully saturated rings. The van der Waals surface area contributed by atoms with Crippen LogP contribution in [0.15, 0.2) is 42.2 Å². The quantitative estimate of drug-likeness (QED) is 0.326. The number of carbonyl (C=O) groups excluding carboxylic acids is 2. The molecule has 0 aromatic heterocycles. The van der Waals surface area contributed by atoms with Gasteiger partial charge in [-0.05, 0) is 41.7 Å². The molecule has 180 valence electrons. The minimum atomic E-state index is -1.91. The number of hydrogen-bond acceptors (Lipinski definition) is 8. The van der Waals surface area contributed by atoms with Crippen molar-refractivity contribution in [1.29, 1.82) is 0 Å². The number of benzene rings is 1. The van der Waals surface area contributed by atoms with Gasteiger partial charge in [-0.25, -0.2) is 0 Å². The van der Waals surface area contributed by atoms with Crippen LogP contribution in [0.2, 0.25) is 0 Å². The highest BCUT2D eigenvalue weighted by Gasteiger charge is 2.61. The zero-order valence-electron chi connectivity index (χ0n) is 18.9. The Morgan fingerprint density at radius 2 is 2.00 bits per heavy atom. The van der Waals surface area contributed by atoms with Gasteiger partial charge in [-0.3, -0.25) is 9.59 Å². The molecule has 0 saturated heterocycles. The van der Waals surface area contributed by atoms with Crippen molar-refractivity contribution in [2.75, 3.05) is 6.61 Å². The predicted molar refractivity (Wildman–Crippen MR) is 120 cm³/mol. The molecule has 33 heavy (non-hydrogen) atoms. The van der Waals surface area contributed by atoms with Gasteiger partial charge in [0.1, 0.15) is 11.4 Å². The van der Waals surface area contributed by atoms with Gasteiger partial charge in [0, 0.05) is 18.8 Å².